The average Bonchev–Trinajstić information content (AvgIpc) is 2.51. The lowest BCUT2D eigenvalue weighted by Gasteiger charge is -2.07. The number of ether oxygens (including phenoxy) is 1. The zero-order valence-corrected chi connectivity index (χ0v) is 14.0. The first-order chi connectivity index (χ1) is 10.6. The fourth-order valence-corrected chi connectivity index (χ4v) is 2.16. The summed E-state index contributed by atoms with van der Waals surface area (Å²) in [5.41, 5.74) is 4.25. The molecule has 0 aromatic heterocycles. The van der Waals surface area contributed by atoms with Gasteiger partial charge in [-0.15, -0.1) is 0 Å². The number of halogens is 2. The molecule has 0 spiro atoms. The van der Waals surface area contributed by atoms with Crippen molar-refractivity contribution < 1.29 is 9.13 Å². The number of methoxy groups -OCH3 is 1. The highest BCUT2D eigenvalue weighted by atomic mass is 79.9. The summed E-state index contributed by atoms with van der Waals surface area (Å²) in [5.74, 6) is 0.450. The second kappa shape index (κ2) is 7.86. The van der Waals surface area contributed by atoms with Gasteiger partial charge in [-0.25, -0.2) is 4.39 Å². The van der Waals surface area contributed by atoms with Crippen LogP contribution in [0.25, 0.3) is 0 Å². The normalized spacial score (nSPS) is 10.5. The number of benzene rings is 2. The Balaban J connectivity index is 1.88. The molecule has 0 amide bonds. The van der Waals surface area contributed by atoms with Crippen LogP contribution in [0.15, 0.2) is 52.0 Å². The highest BCUT2D eigenvalue weighted by molar-refractivity contribution is 9.10. The second-order valence-corrected chi connectivity index (χ2v) is 5.49. The van der Waals surface area contributed by atoms with Crippen molar-refractivity contribution in [2.24, 2.45) is 5.10 Å². The molecule has 2 rings (SSSR count). The van der Waals surface area contributed by atoms with Gasteiger partial charge in [-0.2, -0.15) is 5.10 Å². The summed E-state index contributed by atoms with van der Waals surface area (Å²) < 4.78 is 18.6. The number of hydrogen-bond donors (Lipinski definition) is 2. The van der Waals surface area contributed by atoms with Gasteiger partial charge in [-0.3, -0.25) is 5.43 Å². The summed E-state index contributed by atoms with van der Waals surface area (Å²) in [6.07, 6.45) is 1.55. The van der Waals surface area contributed by atoms with E-state index < -0.39 is 0 Å². The van der Waals surface area contributed by atoms with Crippen LogP contribution >= 0.6 is 28.1 Å². The molecule has 0 aliphatic rings. The third kappa shape index (κ3) is 4.78. The Morgan fingerprint density at radius 1 is 1.27 bits per heavy atom. The molecule has 0 bridgehead atoms. The molecule has 0 fully saturated rings. The molecule has 2 aromatic carbocycles. The van der Waals surface area contributed by atoms with Gasteiger partial charge in [0.25, 0.3) is 0 Å². The number of hydrazone groups is 1. The van der Waals surface area contributed by atoms with Crippen molar-refractivity contribution in [3.8, 4) is 5.75 Å². The molecule has 0 heterocycles. The number of hydrogen-bond acceptors (Lipinski definition) is 3. The van der Waals surface area contributed by atoms with Crippen LogP contribution in [-0.2, 0) is 0 Å². The lowest BCUT2D eigenvalue weighted by Crippen LogP contribution is -2.23. The smallest absolute Gasteiger partial charge is 0.191 e. The summed E-state index contributed by atoms with van der Waals surface area (Å²) in [7, 11) is 1.61. The third-order valence-corrected chi connectivity index (χ3v) is 3.47. The van der Waals surface area contributed by atoms with Gasteiger partial charge in [-0.1, -0.05) is 6.07 Å². The molecule has 0 unspecified atom stereocenters. The van der Waals surface area contributed by atoms with Gasteiger partial charge in [0.2, 0.25) is 0 Å². The maximum atomic E-state index is 13.1. The Kier molecular flexibility index (Phi) is 5.85. The van der Waals surface area contributed by atoms with Gasteiger partial charge in [-0.05, 0) is 70.1 Å². The quantitative estimate of drug-likeness (QED) is 0.478. The predicted molar refractivity (Wildman–Crippen MR) is 94.0 cm³/mol. The number of nitrogens with one attached hydrogen (secondary N) is 2. The Morgan fingerprint density at radius 3 is 2.64 bits per heavy atom. The third-order valence-electron chi connectivity index (χ3n) is 2.67. The molecular weight excluding hydrogens is 369 g/mol. The van der Waals surface area contributed by atoms with Gasteiger partial charge >= 0.3 is 0 Å². The molecule has 0 radical (unpaired) electrons. The van der Waals surface area contributed by atoms with Crippen molar-refractivity contribution in [1.82, 2.24) is 5.43 Å². The number of rotatable bonds is 4. The lowest BCUT2D eigenvalue weighted by atomic mass is 10.2. The fraction of sp³-hybridized carbons (Fsp3) is 0.0667. The van der Waals surface area contributed by atoms with Gasteiger partial charge in [0.15, 0.2) is 5.11 Å². The Labute approximate surface area is 141 Å². The van der Waals surface area contributed by atoms with Crippen molar-refractivity contribution in [3.05, 3.63) is 58.3 Å². The largest absolute Gasteiger partial charge is 0.497 e. The van der Waals surface area contributed by atoms with E-state index in [1.54, 1.807) is 25.5 Å². The molecule has 22 heavy (non-hydrogen) atoms. The molecular formula is C15H13BrFN3OS. The second-order valence-electron chi connectivity index (χ2n) is 4.23. The highest BCUT2D eigenvalue weighted by Gasteiger charge is 1.99. The molecule has 0 aliphatic carbocycles. The molecule has 0 atom stereocenters. The zero-order valence-electron chi connectivity index (χ0n) is 11.6. The van der Waals surface area contributed by atoms with Crippen molar-refractivity contribution in [3.63, 3.8) is 0 Å². The number of thiocarbonyl (C=S) groups is 1. The Morgan fingerprint density at radius 2 is 2.00 bits per heavy atom. The summed E-state index contributed by atoms with van der Waals surface area (Å²) >= 11 is 8.24. The van der Waals surface area contributed by atoms with E-state index in [1.807, 2.05) is 24.3 Å². The van der Waals surface area contributed by atoms with E-state index in [9.17, 15) is 4.39 Å². The highest BCUT2D eigenvalue weighted by Crippen LogP contribution is 2.16. The summed E-state index contributed by atoms with van der Waals surface area (Å²) in [4.78, 5) is 0. The van der Waals surface area contributed by atoms with E-state index in [-0.39, 0.29) is 5.82 Å². The molecule has 2 aromatic rings. The first-order valence-electron chi connectivity index (χ1n) is 6.27. The molecule has 0 aliphatic heterocycles. The van der Waals surface area contributed by atoms with Crippen molar-refractivity contribution in [2.75, 3.05) is 12.4 Å². The van der Waals surface area contributed by atoms with Crippen LogP contribution in [0.3, 0.4) is 0 Å². The standard InChI is InChI=1S/C15H13BrFN3OS/c1-21-12-5-3-11(4-6-12)19-15(22)20-18-9-10-2-7-14(17)13(16)8-10/h2-9H,1H3,(H2,19,20,22)/b18-9-. The topological polar surface area (TPSA) is 45.6 Å². The lowest BCUT2D eigenvalue weighted by molar-refractivity contribution is 0.415. The maximum Gasteiger partial charge on any atom is 0.191 e. The van der Waals surface area contributed by atoms with E-state index in [4.69, 9.17) is 17.0 Å². The van der Waals surface area contributed by atoms with Crippen LogP contribution in [0.1, 0.15) is 5.56 Å². The molecule has 7 heteroatoms. The van der Waals surface area contributed by atoms with Crippen molar-refractivity contribution in [1.29, 1.82) is 0 Å². The average molecular weight is 382 g/mol. The molecule has 4 nitrogen and oxygen atoms in total. The Bertz CT molecular complexity index is 692. The van der Waals surface area contributed by atoms with Crippen LogP contribution in [0.5, 0.6) is 5.75 Å². The van der Waals surface area contributed by atoms with Gasteiger partial charge in [0, 0.05) is 5.69 Å². The molecule has 0 saturated carbocycles. The van der Waals surface area contributed by atoms with Crippen molar-refractivity contribution in [2.45, 2.75) is 0 Å². The first kappa shape index (κ1) is 16.4. The minimum atomic E-state index is -0.318. The summed E-state index contributed by atoms with van der Waals surface area (Å²) in [5, 5.41) is 7.33. The van der Waals surface area contributed by atoms with E-state index in [1.165, 1.54) is 6.07 Å². The van der Waals surface area contributed by atoms with E-state index >= 15 is 0 Å². The number of nitrogens with zero attached hydrogens (tertiary/aromatic N) is 1. The van der Waals surface area contributed by atoms with Crippen LogP contribution in [-0.4, -0.2) is 18.4 Å². The number of anilines is 1. The minimum absolute atomic E-state index is 0.318. The molecule has 2 N–H and O–H groups in total. The molecule has 114 valence electrons. The fourth-order valence-electron chi connectivity index (χ4n) is 1.59. The van der Waals surface area contributed by atoms with Crippen molar-refractivity contribution >= 4 is 45.2 Å². The summed E-state index contributed by atoms with van der Waals surface area (Å²) in [6.45, 7) is 0. The predicted octanol–water partition coefficient (Wildman–Crippen LogP) is 3.92. The van der Waals surface area contributed by atoms with Crippen LogP contribution in [0, 0.1) is 5.82 Å². The monoisotopic (exact) mass is 381 g/mol. The van der Waals surface area contributed by atoms with Gasteiger partial charge in [0.05, 0.1) is 17.8 Å². The van der Waals surface area contributed by atoms with E-state index in [2.05, 4.69) is 31.8 Å². The van der Waals surface area contributed by atoms with Crippen LogP contribution in [0.2, 0.25) is 0 Å². The van der Waals surface area contributed by atoms with E-state index in [0.717, 1.165) is 17.0 Å². The van der Waals surface area contributed by atoms with Crippen LogP contribution in [0.4, 0.5) is 10.1 Å². The van der Waals surface area contributed by atoms with Crippen LogP contribution < -0.4 is 15.5 Å². The first-order valence-corrected chi connectivity index (χ1v) is 7.48. The SMILES string of the molecule is COc1ccc(NC(=S)N/N=C\c2ccc(F)c(Br)c2)cc1. The minimum Gasteiger partial charge on any atom is -0.497 e. The Hall–Kier alpha value is -1.99. The zero-order chi connectivity index (χ0) is 15.9. The molecule has 0 saturated heterocycles. The summed E-state index contributed by atoms with van der Waals surface area (Å²) in [6, 6.07) is 11.9. The van der Waals surface area contributed by atoms with Gasteiger partial charge < -0.3 is 10.1 Å². The maximum absolute atomic E-state index is 13.1. The van der Waals surface area contributed by atoms with Gasteiger partial charge in [0.1, 0.15) is 11.6 Å². The van der Waals surface area contributed by atoms with E-state index in [0.29, 0.717) is 9.59 Å².